The summed E-state index contributed by atoms with van der Waals surface area (Å²) in [6.45, 7) is 2.16. The minimum atomic E-state index is -0.102. The Balaban J connectivity index is 2.12. The molecule has 1 saturated carbocycles. The molecule has 3 heteroatoms. The Bertz CT molecular complexity index is 431. The standard InChI is InChI=1S/C15H20O3/c1-15(12-5-3-4-6-13(12)16)9-7-11(8-10-15)14(17)18-2/h3-6,11,16H,7-10H2,1-2H3/t11-,15+. The lowest BCUT2D eigenvalue weighted by Gasteiger charge is -2.37. The van der Waals surface area contributed by atoms with Crippen molar-refractivity contribution in [3.05, 3.63) is 29.8 Å². The second-order valence-corrected chi connectivity index (χ2v) is 5.38. The molecule has 2 rings (SSSR count). The molecule has 1 fully saturated rings. The third kappa shape index (κ3) is 2.35. The van der Waals surface area contributed by atoms with E-state index in [2.05, 4.69) is 6.92 Å². The maximum absolute atomic E-state index is 11.5. The molecule has 0 spiro atoms. The van der Waals surface area contributed by atoms with Gasteiger partial charge in [-0.1, -0.05) is 25.1 Å². The molecule has 1 aliphatic rings. The Hall–Kier alpha value is -1.51. The molecule has 1 aromatic carbocycles. The Morgan fingerprint density at radius 3 is 2.50 bits per heavy atom. The fourth-order valence-corrected chi connectivity index (χ4v) is 2.91. The van der Waals surface area contributed by atoms with Gasteiger partial charge in [0.15, 0.2) is 0 Å². The predicted molar refractivity (Wildman–Crippen MR) is 69.4 cm³/mol. The fourth-order valence-electron chi connectivity index (χ4n) is 2.91. The van der Waals surface area contributed by atoms with E-state index in [0.717, 1.165) is 31.2 Å². The van der Waals surface area contributed by atoms with Gasteiger partial charge in [0, 0.05) is 0 Å². The highest BCUT2D eigenvalue weighted by Crippen LogP contribution is 2.44. The molecule has 0 aromatic heterocycles. The van der Waals surface area contributed by atoms with Gasteiger partial charge in [0.05, 0.1) is 13.0 Å². The van der Waals surface area contributed by atoms with Crippen molar-refractivity contribution >= 4 is 5.97 Å². The van der Waals surface area contributed by atoms with E-state index < -0.39 is 0 Å². The van der Waals surface area contributed by atoms with Crippen LogP contribution in [0.5, 0.6) is 5.75 Å². The lowest BCUT2D eigenvalue weighted by Crippen LogP contribution is -2.32. The number of benzene rings is 1. The summed E-state index contributed by atoms with van der Waals surface area (Å²) in [5.41, 5.74) is 0.962. The van der Waals surface area contributed by atoms with Crippen molar-refractivity contribution in [2.24, 2.45) is 5.92 Å². The smallest absolute Gasteiger partial charge is 0.308 e. The third-order valence-corrected chi connectivity index (χ3v) is 4.18. The van der Waals surface area contributed by atoms with E-state index in [1.54, 1.807) is 6.07 Å². The number of phenols is 1. The van der Waals surface area contributed by atoms with Crippen LogP contribution in [0.4, 0.5) is 0 Å². The van der Waals surface area contributed by atoms with E-state index >= 15 is 0 Å². The monoisotopic (exact) mass is 248 g/mol. The zero-order chi connectivity index (χ0) is 13.2. The lowest BCUT2D eigenvalue weighted by molar-refractivity contribution is -0.146. The van der Waals surface area contributed by atoms with Gasteiger partial charge in [0.25, 0.3) is 0 Å². The highest BCUT2D eigenvalue weighted by atomic mass is 16.5. The molecule has 0 heterocycles. The number of hydrogen-bond donors (Lipinski definition) is 1. The minimum Gasteiger partial charge on any atom is -0.508 e. The molecule has 0 radical (unpaired) electrons. The zero-order valence-electron chi connectivity index (χ0n) is 11.0. The number of carbonyl (C=O) groups excluding carboxylic acids is 1. The maximum atomic E-state index is 11.5. The van der Waals surface area contributed by atoms with E-state index in [1.165, 1.54) is 7.11 Å². The molecule has 18 heavy (non-hydrogen) atoms. The Labute approximate surface area is 108 Å². The molecule has 0 amide bonds. The van der Waals surface area contributed by atoms with E-state index in [9.17, 15) is 9.90 Å². The van der Waals surface area contributed by atoms with Crippen molar-refractivity contribution < 1.29 is 14.6 Å². The summed E-state index contributed by atoms with van der Waals surface area (Å²) in [5.74, 6) is 0.278. The van der Waals surface area contributed by atoms with Gasteiger partial charge in [-0.25, -0.2) is 0 Å². The quantitative estimate of drug-likeness (QED) is 0.818. The molecular weight excluding hydrogens is 228 g/mol. The number of phenolic OH excluding ortho intramolecular Hbond substituents is 1. The largest absolute Gasteiger partial charge is 0.508 e. The number of ether oxygens (including phenoxy) is 1. The summed E-state index contributed by atoms with van der Waals surface area (Å²) < 4.78 is 4.80. The highest BCUT2D eigenvalue weighted by Gasteiger charge is 2.36. The number of rotatable bonds is 2. The number of carbonyl (C=O) groups is 1. The SMILES string of the molecule is COC(=O)[C@H]1CC[C@@](C)(c2ccccc2O)CC1. The third-order valence-electron chi connectivity index (χ3n) is 4.18. The van der Waals surface area contributed by atoms with Gasteiger partial charge >= 0.3 is 5.97 Å². The van der Waals surface area contributed by atoms with Crippen molar-refractivity contribution in [3.8, 4) is 5.75 Å². The number of hydrogen-bond acceptors (Lipinski definition) is 3. The van der Waals surface area contributed by atoms with Gasteiger partial charge in [-0.05, 0) is 42.7 Å². The van der Waals surface area contributed by atoms with Gasteiger partial charge in [-0.2, -0.15) is 0 Å². The highest BCUT2D eigenvalue weighted by molar-refractivity contribution is 5.72. The molecule has 3 nitrogen and oxygen atoms in total. The second-order valence-electron chi connectivity index (χ2n) is 5.38. The molecule has 1 aromatic rings. The molecule has 0 saturated heterocycles. The molecule has 98 valence electrons. The fraction of sp³-hybridized carbons (Fsp3) is 0.533. The Kier molecular flexibility index (Phi) is 3.60. The molecule has 0 unspecified atom stereocenters. The normalized spacial score (nSPS) is 27.8. The van der Waals surface area contributed by atoms with E-state index in [-0.39, 0.29) is 17.3 Å². The molecule has 1 N–H and O–H groups in total. The molecule has 0 atom stereocenters. The summed E-state index contributed by atoms with van der Waals surface area (Å²) in [4.78, 5) is 11.5. The van der Waals surface area contributed by atoms with Crippen LogP contribution in [0.25, 0.3) is 0 Å². The van der Waals surface area contributed by atoms with Crippen LogP contribution in [-0.4, -0.2) is 18.2 Å². The summed E-state index contributed by atoms with van der Waals surface area (Å²) in [7, 11) is 1.44. The summed E-state index contributed by atoms with van der Waals surface area (Å²) in [6.07, 6.45) is 3.48. The van der Waals surface area contributed by atoms with Crippen LogP contribution in [0, 0.1) is 5.92 Å². The Morgan fingerprint density at radius 1 is 1.33 bits per heavy atom. The average molecular weight is 248 g/mol. The van der Waals surface area contributed by atoms with Crippen LogP contribution in [0.3, 0.4) is 0 Å². The maximum Gasteiger partial charge on any atom is 0.308 e. The van der Waals surface area contributed by atoms with Crippen LogP contribution in [-0.2, 0) is 14.9 Å². The number of esters is 1. The van der Waals surface area contributed by atoms with Crippen molar-refractivity contribution in [1.82, 2.24) is 0 Å². The first-order valence-electron chi connectivity index (χ1n) is 6.43. The van der Waals surface area contributed by atoms with Crippen molar-refractivity contribution in [2.45, 2.75) is 38.0 Å². The lowest BCUT2D eigenvalue weighted by atomic mass is 9.68. The first kappa shape index (κ1) is 12.9. The summed E-state index contributed by atoms with van der Waals surface area (Å²) >= 11 is 0. The minimum absolute atomic E-state index is 0.0222. The van der Waals surface area contributed by atoms with Crippen LogP contribution < -0.4 is 0 Å². The van der Waals surface area contributed by atoms with Crippen molar-refractivity contribution in [3.63, 3.8) is 0 Å². The number of aromatic hydroxyl groups is 1. The van der Waals surface area contributed by atoms with E-state index in [0.29, 0.717) is 5.75 Å². The van der Waals surface area contributed by atoms with Gasteiger partial charge in [-0.15, -0.1) is 0 Å². The van der Waals surface area contributed by atoms with E-state index in [1.807, 2.05) is 18.2 Å². The Morgan fingerprint density at radius 2 is 1.94 bits per heavy atom. The van der Waals surface area contributed by atoms with Crippen LogP contribution in [0.15, 0.2) is 24.3 Å². The second kappa shape index (κ2) is 5.01. The van der Waals surface area contributed by atoms with Crippen molar-refractivity contribution in [2.75, 3.05) is 7.11 Å². The predicted octanol–water partition coefficient (Wildman–Crippen LogP) is 3.01. The van der Waals surface area contributed by atoms with Crippen LogP contribution in [0.2, 0.25) is 0 Å². The van der Waals surface area contributed by atoms with Crippen molar-refractivity contribution in [1.29, 1.82) is 0 Å². The molecular formula is C15H20O3. The average Bonchev–Trinajstić information content (AvgIpc) is 2.39. The first-order valence-corrected chi connectivity index (χ1v) is 6.43. The zero-order valence-corrected chi connectivity index (χ0v) is 11.0. The van der Waals surface area contributed by atoms with Crippen LogP contribution >= 0.6 is 0 Å². The first-order chi connectivity index (χ1) is 8.57. The van der Waals surface area contributed by atoms with Gasteiger partial charge in [0.1, 0.15) is 5.75 Å². The van der Waals surface area contributed by atoms with E-state index in [4.69, 9.17) is 4.74 Å². The molecule has 1 aliphatic carbocycles. The molecule has 0 bridgehead atoms. The molecule has 0 aliphatic heterocycles. The van der Waals surface area contributed by atoms with Gasteiger partial charge in [0.2, 0.25) is 0 Å². The number of methoxy groups -OCH3 is 1. The van der Waals surface area contributed by atoms with Crippen LogP contribution in [0.1, 0.15) is 38.2 Å². The summed E-state index contributed by atoms with van der Waals surface area (Å²) in [6, 6.07) is 7.50. The summed E-state index contributed by atoms with van der Waals surface area (Å²) in [5, 5.41) is 9.96. The van der Waals surface area contributed by atoms with Gasteiger partial charge < -0.3 is 9.84 Å². The topological polar surface area (TPSA) is 46.5 Å². The number of para-hydroxylation sites is 1. The van der Waals surface area contributed by atoms with Gasteiger partial charge in [-0.3, -0.25) is 4.79 Å².